The molecule has 8 heteroatoms. The Balaban J connectivity index is 1.64. The Morgan fingerprint density at radius 2 is 2.24 bits per heavy atom. The summed E-state index contributed by atoms with van der Waals surface area (Å²) in [6.07, 6.45) is 3.53. The van der Waals surface area contributed by atoms with Gasteiger partial charge in [-0.3, -0.25) is 13.9 Å². The second-order valence-corrected chi connectivity index (χ2v) is 6.27. The summed E-state index contributed by atoms with van der Waals surface area (Å²) < 4.78 is 3.61. The van der Waals surface area contributed by atoms with E-state index < -0.39 is 6.10 Å². The molecule has 0 saturated carbocycles. The van der Waals surface area contributed by atoms with Gasteiger partial charge in [0.25, 0.3) is 5.91 Å². The summed E-state index contributed by atoms with van der Waals surface area (Å²) in [6, 6.07) is 3.67. The van der Waals surface area contributed by atoms with E-state index in [1.54, 1.807) is 27.8 Å². The molecular weight excluding hydrogens is 320 g/mol. The van der Waals surface area contributed by atoms with Crippen LogP contribution in [0, 0.1) is 6.92 Å². The van der Waals surface area contributed by atoms with Crippen molar-refractivity contribution in [1.82, 2.24) is 29.0 Å². The molecule has 0 spiro atoms. The van der Waals surface area contributed by atoms with Gasteiger partial charge in [-0.1, -0.05) is 6.92 Å². The third-order valence-corrected chi connectivity index (χ3v) is 4.61. The van der Waals surface area contributed by atoms with E-state index in [0.29, 0.717) is 48.9 Å². The Morgan fingerprint density at radius 1 is 1.40 bits per heavy atom. The first-order chi connectivity index (χ1) is 12.1. The zero-order chi connectivity index (χ0) is 17.6. The van der Waals surface area contributed by atoms with Crippen molar-refractivity contribution >= 4 is 11.7 Å². The lowest BCUT2D eigenvalue weighted by Crippen LogP contribution is -2.39. The number of aliphatic hydroxyl groups is 1. The van der Waals surface area contributed by atoms with Crippen LogP contribution in [-0.4, -0.2) is 46.6 Å². The van der Waals surface area contributed by atoms with Crippen LogP contribution in [-0.2, 0) is 13.1 Å². The number of aromatic nitrogens is 5. The molecule has 130 valence electrons. The Labute approximate surface area is 144 Å². The van der Waals surface area contributed by atoms with Crippen LogP contribution in [0.1, 0.15) is 47.0 Å². The summed E-state index contributed by atoms with van der Waals surface area (Å²) in [6.45, 7) is 5.40. The van der Waals surface area contributed by atoms with Gasteiger partial charge in [0.05, 0.1) is 36.3 Å². The van der Waals surface area contributed by atoms with Crippen LogP contribution in [0.2, 0.25) is 0 Å². The number of amides is 1. The molecule has 0 aliphatic carbocycles. The molecule has 0 fully saturated rings. The normalized spacial score (nSPS) is 15.4. The first-order valence-corrected chi connectivity index (χ1v) is 8.42. The zero-order valence-electron chi connectivity index (χ0n) is 14.3. The van der Waals surface area contributed by atoms with E-state index in [2.05, 4.69) is 15.1 Å². The van der Waals surface area contributed by atoms with E-state index in [0.717, 1.165) is 5.69 Å². The number of aliphatic hydroxyl groups excluding tert-OH is 1. The molecule has 4 rings (SSSR count). The number of imidazole rings is 1. The van der Waals surface area contributed by atoms with Gasteiger partial charge in [0.2, 0.25) is 5.78 Å². The molecule has 1 amide bonds. The molecule has 0 unspecified atom stereocenters. The van der Waals surface area contributed by atoms with Gasteiger partial charge in [-0.2, -0.15) is 5.10 Å². The molecule has 0 bridgehead atoms. The molecule has 3 aromatic rings. The third-order valence-electron chi connectivity index (χ3n) is 4.61. The van der Waals surface area contributed by atoms with Crippen LogP contribution in [0.5, 0.6) is 0 Å². The minimum absolute atomic E-state index is 0.0666. The fourth-order valence-corrected chi connectivity index (χ4v) is 3.24. The van der Waals surface area contributed by atoms with Crippen LogP contribution in [0.25, 0.3) is 5.78 Å². The van der Waals surface area contributed by atoms with Gasteiger partial charge in [-0.15, -0.1) is 0 Å². The summed E-state index contributed by atoms with van der Waals surface area (Å²) in [5, 5.41) is 14.4. The number of aryl methyl sites for hydroxylation is 1. The largest absolute Gasteiger partial charge is 0.387 e. The van der Waals surface area contributed by atoms with E-state index >= 15 is 0 Å². The van der Waals surface area contributed by atoms with Crippen molar-refractivity contribution in [3.05, 3.63) is 47.3 Å². The van der Waals surface area contributed by atoms with Crippen LogP contribution >= 0.6 is 0 Å². The van der Waals surface area contributed by atoms with E-state index in [1.807, 2.05) is 24.6 Å². The van der Waals surface area contributed by atoms with Gasteiger partial charge < -0.3 is 10.0 Å². The van der Waals surface area contributed by atoms with E-state index in [9.17, 15) is 9.90 Å². The second kappa shape index (κ2) is 5.96. The maximum atomic E-state index is 13.1. The zero-order valence-corrected chi connectivity index (χ0v) is 14.3. The predicted octanol–water partition coefficient (Wildman–Crippen LogP) is 1.33. The Morgan fingerprint density at radius 3 is 3.04 bits per heavy atom. The lowest BCUT2D eigenvalue weighted by Gasteiger charge is -2.27. The fourth-order valence-electron chi connectivity index (χ4n) is 3.24. The van der Waals surface area contributed by atoms with Gasteiger partial charge in [0.1, 0.15) is 5.69 Å². The number of carbonyl (C=O) groups excluding carboxylic acids is 1. The van der Waals surface area contributed by atoms with Crippen molar-refractivity contribution in [2.45, 2.75) is 39.5 Å². The topological polar surface area (TPSA) is 88.5 Å². The molecule has 3 aromatic heterocycles. The van der Waals surface area contributed by atoms with Crippen molar-refractivity contribution in [2.24, 2.45) is 0 Å². The average molecular weight is 340 g/mol. The molecule has 1 atom stereocenters. The molecule has 25 heavy (non-hydrogen) atoms. The van der Waals surface area contributed by atoms with Crippen LogP contribution < -0.4 is 0 Å². The summed E-state index contributed by atoms with van der Waals surface area (Å²) in [7, 11) is 0. The van der Waals surface area contributed by atoms with Crippen molar-refractivity contribution in [1.29, 1.82) is 0 Å². The van der Waals surface area contributed by atoms with Crippen molar-refractivity contribution in [3.63, 3.8) is 0 Å². The lowest BCUT2D eigenvalue weighted by atomic mass is 10.2. The number of carbonyl (C=O) groups is 1. The molecule has 1 N–H and O–H groups in total. The highest BCUT2D eigenvalue weighted by molar-refractivity contribution is 5.94. The highest BCUT2D eigenvalue weighted by atomic mass is 16.3. The third kappa shape index (κ3) is 2.58. The molecule has 8 nitrogen and oxygen atoms in total. The van der Waals surface area contributed by atoms with Gasteiger partial charge in [-0.25, -0.2) is 9.97 Å². The Hall–Kier alpha value is -2.74. The maximum absolute atomic E-state index is 13.1. The van der Waals surface area contributed by atoms with Crippen LogP contribution in [0.15, 0.2) is 24.5 Å². The highest BCUT2D eigenvalue weighted by Gasteiger charge is 2.27. The molecule has 0 radical (unpaired) electrons. The summed E-state index contributed by atoms with van der Waals surface area (Å²) in [4.78, 5) is 23.4. The van der Waals surface area contributed by atoms with Crippen LogP contribution in [0.4, 0.5) is 0 Å². The number of hydrogen-bond donors (Lipinski definition) is 1. The summed E-state index contributed by atoms with van der Waals surface area (Å²) >= 11 is 0. The standard InChI is InChI=1S/C17H20N6O2/c1-3-14(24)13-9-12-10-21(7-8-23(12)20-13)16(25)15-11(2)19-17-18-5-4-6-22(15)17/h4-6,9,14,24H,3,7-8,10H2,1-2H3/t14-/m0/s1. The van der Waals surface area contributed by atoms with Crippen molar-refractivity contribution in [2.75, 3.05) is 6.54 Å². The van der Waals surface area contributed by atoms with E-state index in [1.165, 1.54) is 0 Å². The Kier molecular flexibility index (Phi) is 3.76. The Bertz CT molecular complexity index is 944. The minimum Gasteiger partial charge on any atom is -0.387 e. The summed E-state index contributed by atoms with van der Waals surface area (Å²) in [5.41, 5.74) is 2.82. The summed E-state index contributed by atoms with van der Waals surface area (Å²) in [5.74, 6) is 0.460. The minimum atomic E-state index is -0.561. The van der Waals surface area contributed by atoms with Gasteiger partial charge in [0, 0.05) is 18.9 Å². The van der Waals surface area contributed by atoms with E-state index in [4.69, 9.17) is 0 Å². The predicted molar refractivity (Wildman–Crippen MR) is 89.9 cm³/mol. The number of nitrogens with zero attached hydrogens (tertiary/aromatic N) is 6. The maximum Gasteiger partial charge on any atom is 0.273 e. The first-order valence-electron chi connectivity index (χ1n) is 8.42. The highest BCUT2D eigenvalue weighted by Crippen LogP contribution is 2.22. The van der Waals surface area contributed by atoms with Gasteiger partial charge in [-0.05, 0) is 25.5 Å². The lowest BCUT2D eigenvalue weighted by molar-refractivity contribution is 0.0697. The second-order valence-electron chi connectivity index (χ2n) is 6.27. The first kappa shape index (κ1) is 15.8. The average Bonchev–Trinajstić information content (AvgIpc) is 3.19. The van der Waals surface area contributed by atoms with Gasteiger partial charge >= 0.3 is 0 Å². The molecule has 1 aliphatic rings. The number of hydrogen-bond acceptors (Lipinski definition) is 5. The number of rotatable bonds is 3. The van der Waals surface area contributed by atoms with Crippen molar-refractivity contribution in [3.8, 4) is 0 Å². The van der Waals surface area contributed by atoms with Crippen LogP contribution in [0.3, 0.4) is 0 Å². The quantitative estimate of drug-likeness (QED) is 0.777. The van der Waals surface area contributed by atoms with Crippen molar-refractivity contribution < 1.29 is 9.90 Å². The molecule has 4 heterocycles. The molecular formula is C17H20N6O2. The smallest absolute Gasteiger partial charge is 0.273 e. The monoisotopic (exact) mass is 340 g/mol. The molecule has 1 aliphatic heterocycles. The molecule has 0 saturated heterocycles. The van der Waals surface area contributed by atoms with E-state index in [-0.39, 0.29) is 5.91 Å². The number of fused-ring (bicyclic) bond motifs is 2. The van der Waals surface area contributed by atoms with Gasteiger partial charge in [0.15, 0.2) is 0 Å². The fraction of sp³-hybridized carbons (Fsp3) is 0.412. The molecule has 0 aromatic carbocycles. The SMILES string of the molecule is CC[C@H](O)c1cc2n(n1)CCN(C(=O)c1c(C)nc3ncccn13)C2.